The summed E-state index contributed by atoms with van der Waals surface area (Å²) in [5.74, 6) is 0.680. The van der Waals surface area contributed by atoms with Gasteiger partial charge in [-0.05, 0) is 44.4 Å². The Labute approximate surface area is 124 Å². The van der Waals surface area contributed by atoms with E-state index in [1.807, 2.05) is 19.1 Å². The Kier molecular flexibility index (Phi) is 3.90. The molecule has 0 bridgehead atoms. The number of furan rings is 1. The monoisotopic (exact) mass is 285 g/mol. The normalized spacial score (nSPS) is 15.0. The summed E-state index contributed by atoms with van der Waals surface area (Å²) in [4.78, 5) is 18.9. The lowest BCUT2D eigenvalue weighted by molar-refractivity contribution is 0.0995. The predicted molar refractivity (Wildman–Crippen MR) is 81.7 cm³/mol. The highest BCUT2D eigenvalue weighted by atomic mass is 16.3. The number of piperidine rings is 1. The van der Waals surface area contributed by atoms with E-state index >= 15 is 0 Å². The van der Waals surface area contributed by atoms with E-state index in [2.05, 4.69) is 15.2 Å². The molecule has 0 radical (unpaired) electrons. The molecule has 110 valence electrons. The van der Waals surface area contributed by atoms with E-state index in [4.69, 9.17) is 4.42 Å². The van der Waals surface area contributed by atoms with Crippen molar-refractivity contribution in [2.75, 3.05) is 23.3 Å². The molecule has 1 aliphatic rings. The zero-order chi connectivity index (χ0) is 14.7. The second-order valence-electron chi connectivity index (χ2n) is 5.31. The molecule has 2 aromatic heterocycles. The Hall–Kier alpha value is -2.30. The molecule has 21 heavy (non-hydrogen) atoms. The number of nitrogens with zero attached hydrogens (tertiary/aromatic N) is 2. The third kappa shape index (κ3) is 2.91. The fourth-order valence-electron chi connectivity index (χ4n) is 2.65. The van der Waals surface area contributed by atoms with Crippen molar-refractivity contribution in [1.29, 1.82) is 0 Å². The van der Waals surface area contributed by atoms with E-state index in [1.54, 1.807) is 12.3 Å². The van der Waals surface area contributed by atoms with Crippen LogP contribution in [0.2, 0.25) is 0 Å². The maximum Gasteiger partial charge on any atom is 0.292 e. The van der Waals surface area contributed by atoms with Gasteiger partial charge in [0.05, 0.1) is 12.0 Å². The summed E-state index contributed by atoms with van der Waals surface area (Å²) in [6.07, 6.45) is 6.84. The first kappa shape index (κ1) is 13.7. The second-order valence-corrected chi connectivity index (χ2v) is 5.31. The summed E-state index contributed by atoms with van der Waals surface area (Å²) < 4.78 is 5.23. The number of carbonyl (C=O) groups excluding carboxylic acids is 1. The summed E-state index contributed by atoms with van der Waals surface area (Å²) in [6, 6.07) is 5.68. The molecule has 0 saturated carbocycles. The maximum atomic E-state index is 12.3. The molecule has 1 N–H and O–H groups in total. The molecule has 0 spiro atoms. The third-order valence-electron chi connectivity index (χ3n) is 3.78. The van der Waals surface area contributed by atoms with Crippen molar-refractivity contribution in [3.63, 3.8) is 0 Å². The van der Waals surface area contributed by atoms with Gasteiger partial charge in [0.25, 0.3) is 5.91 Å². The van der Waals surface area contributed by atoms with E-state index in [0.717, 1.165) is 24.3 Å². The fourth-order valence-corrected chi connectivity index (χ4v) is 2.65. The van der Waals surface area contributed by atoms with E-state index in [-0.39, 0.29) is 5.91 Å². The smallest absolute Gasteiger partial charge is 0.292 e. The van der Waals surface area contributed by atoms with Crippen LogP contribution in [0.5, 0.6) is 0 Å². The van der Waals surface area contributed by atoms with Gasteiger partial charge >= 0.3 is 0 Å². The SMILES string of the molecule is Cc1ccoc1C(=O)Nc1ncccc1N1CCCCC1. The van der Waals surface area contributed by atoms with Gasteiger partial charge in [0, 0.05) is 24.8 Å². The number of nitrogens with one attached hydrogen (secondary N) is 1. The van der Waals surface area contributed by atoms with Gasteiger partial charge in [-0.2, -0.15) is 0 Å². The number of hydrogen-bond donors (Lipinski definition) is 1. The van der Waals surface area contributed by atoms with Crippen molar-refractivity contribution in [2.45, 2.75) is 26.2 Å². The van der Waals surface area contributed by atoms with Crippen molar-refractivity contribution >= 4 is 17.4 Å². The zero-order valence-electron chi connectivity index (χ0n) is 12.1. The summed E-state index contributed by atoms with van der Waals surface area (Å²) in [5, 5.41) is 2.87. The number of anilines is 2. The molecule has 5 nitrogen and oxygen atoms in total. The summed E-state index contributed by atoms with van der Waals surface area (Å²) in [6.45, 7) is 3.87. The first-order chi connectivity index (χ1) is 10.3. The first-order valence-corrected chi connectivity index (χ1v) is 7.31. The van der Waals surface area contributed by atoms with Gasteiger partial charge in [-0.25, -0.2) is 4.98 Å². The Morgan fingerprint density at radius 2 is 2.10 bits per heavy atom. The topological polar surface area (TPSA) is 58.4 Å². The van der Waals surface area contributed by atoms with Gasteiger partial charge in [0.1, 0.15) is 0 Å². The van der Waals surface area contributed by atoms with E-state index in [9.17, 15) is 4.79 Å². The van der Waals surface area contributed by atoms with Crippen molar-refractivity contribution in [3.8, 4) is 0 Å². The molecular weight excluding hydrogens is 266 g/mol. The van der Waals surface area contributed by atoms with Gasteiger partial charge in [-0.3, -0.25) is 4.79 Å². The zero-order valence-corrected chi connectivity index (χ0v) is 12.1. The van der Waals surface area contributed by atoms with Crippen molar-refractivity contribution in [1.82, 2.24) is 4.98 Å². The minimum absolute atomic E-state index is 0.255. The average molecular weight is 285 g/mol. The lowest BCUT2D eigenvalue weighted by atomic mass is 10.1. The number of aromatic nitrogens is 1. The fraction of sp³-hybridized carbons (Fsp3) is 0.375. The number of rotatable bonds is 3. The largest absolute Gasteiger partial charge is 0.459 e. The van der Waals surface area contributed by atoms with E-state index in [0.29, 0.717) is 11.6 Å². The highest BCUT2D eigenvalue weighted by molar-refractivity contribution is 6.04. The number of amides is 1. The van der Waals surface area contributed by atoms with Gasteiger partial charge in [0.15, 0.2) is 11.6 Å². The molecule has 2 aromatic rings. The van der Waals surface area contributed by atoms with Crippen molar-refractivity contribution in [3.05, 3.63) is 42.0 Å². The third-order valence-corrected chi connectivity index (χ3v) is 3.78. The summed E-state index contributed by atoms with van der Waals surface area (Å²) in [7, 11) is 0. The van der Waals surface area contributed by atoms with Gasteiger partial charge in [0.2, 0.25) is 0 Å². The van der Waals surface area contributed by atoms with Gasteiger partial charge in [-0.15, -0.1) is 0 Å². The molecule has 1 saturated heterocycles. The van der Waals surface area contributed by atoms with Crippen LogP contribution in [0.1, 0.15) is 35.4 Å². The van der Waals surface area contributed by atoms with Crippen LogP contribution in [-0.4, -0.2) is 24.0 Å². The quantitative estimate of drug-likeness (QED) is 0.940. The Balaban J connectivity index is 1.82. The molecule has 0 atom stereocenters. The molecule has 3 heterocycles. The van der Waals surface area contributed by atoms with Gasteiger partial charge < -0.3 is 14.6 Å². The molecule has 0 aliphatic carbocycles. The van der Waals surface area contributed by atoms with Crippen LogP contribution in [0.25, 0.3) is 0 Å². The summed E-state index contributed by atoms with van der Waals surface area (Å²) in [5.41, 5.74) is 1.80. The molecule has 0 aromatic carbocycles. The highest BCUT2D eigenvalue weighted by Crippen LogP contribution is 2.26. The Morgan fingerprint density at radius 1 is 1.29 bits per heavy atom. The van der Waals surface area contributed by atoms with Crippen LogP contribution in [0.3, 0.4) is 0 Å². The second kappa shape index (κ2) is 5.99. The van der Waals surface area contributed by atoms with Crippen LogP contribution in [0, 0.1) is 6.92 Å². The van der Waals surface area contributed by atoms with Crippen molar-refractivity contribution < 1.29 is 9.21 Å². The minimum atomic E-state index is -0.255. The van der Waals surface area contributed by atoms with E-state index < -0.39 is 0 Å². The predicted octanol–water partition coefficient (Wildman–Crippen LogP) is 3.23. The summed E-state index contributed by atoms with van der Waals surface area (Å²) >= 11 is 0. The van der Waals surface area contributed by atoms with Gasteiger partial charge in [-0.1, -0.05) is 0 Å². The number of hydrogen-bond acceptors (Lipinski definition) is 4. The maximum absolute atomic E-state index is 12.3. The molecule has 1 amide bonds. The molecule has 0 unspecified atom stereocenters. The number of aryl methyl sites for hydroxylation is 1. The molecule has 5 heteroatoms. The molecule has 1 fully saturated rings. The molecule has 1 aliphatic heterocycles. The minimum Gasteiger partial charge on any atom is -0.459 e. The number of carbonyl (C=O) groups is 1. The van der Waals surface area contributed by atoms with Crippen LogP contribution < -0.4 is 10.2 Å². The first-order valence-electron chi connectivity index (χ1n) is 7.31. The Bertz CT molecular complexity index is 630. The van der Waals surface area contributed by atoms with E-state index in [1.165, 1.54) is 25.5 Å². The van der Waals surface area contributed by atoms with Crippen LogP contribution >= 0.6 is 0 Å². The molecular formula is C16H19N3O2. The Morgan fingerprint density at radius 3 is 2.81 bits per heavy atom. The lowest BCUT2D eigenvalue weighted by Crippen LogP contribution is -2.30. The standard InChI is InChI=1S/C16H19N3O2/c1-12-7-11-21-14(12)16(20)18-15-13(6-5-8-17-15)19-9-3-2-4-10-19/h5-8,11H,2-4,9-10H2,1H3,(H,17,18,20). The van der Waals surface area contributed by atoms with Crippen LogP contribution in [-0.2, 0) is 0 Å². The number of pyridine rings is 1. The van der Waals surface area contributed by atoms with Crippen LogP contribution in [0.4, 0.5) is 11.5 Å². The lowest BCUT2D eigenvalue weighted by Gasteiger charge is -2.29. The molecule has 3 rings (SSSR count). The highest BCUT2D eigenvalue weighted by Gasteiger charge is 2.19. The average Bonchev–Trinajstić information content (AvgIpc) is 2.95. The van der Waals surface area contributed by atoms with Crippen LogP contribution in [0.15, 0.2) is 35.1 Å². The van der Waals surface area contributed by atoms with Crippen molar-refractivity contribution in [2.24, 2.45) is 0 Å².